The van der Waals surface area contributed by atoms with Gasteiger partial charge in [0.25, 0.3) is 11.6 Å². The molecule has 0 bridgehead atoms. The molecule has 0 aliphatic rings. The van der Waals surface area contributed by atoms with E-state index in [1.54, 1.807) is 0 Å². The molecule has 0 aliphatic carbocycles. The minimum absolute atomic E-state index is 0.302. The number of hydrogen-bond acceptors (Lipinski definition) is 3. The number of nitro groups is 1. The number of nitrogens with one attached hydrogen (secondary N) is 1. The quantitative estimate of drug-likeness (QED) is 0.482. The number of nitro benzene ring substituents is 1. The zero-order valence-corrected chi connectivity index (χ0v) is 7.62. The average Bonchev–Trinajstić information content (AvgIpc) is 2.15. The summed E-state index contributed by atoms with van der Waals surface area (Å²) in [6, 6.07) is 3.79. The summed E-state index contributed by atoms with van der Waals surface area (Å²) < 4.78 is 35.3. The summed E-state index contributed by atoms with van der Waals surface area (Å²) in [6.45, 7) is 0. The Morgan fingerprint density at radius 1 is 1.25 bits per heavy atom. The molecule has 86 valence electrons. The van der Waals surface area contributed by atoms with Gasteiger partial charge in [0.05, 0.1) is 4.92 Å². The van der Waals surface area contributed by atoms with Crippen molar-refractivity contribution in [3.63, 3.8) is 0 Å². The molecule has 5 nitrogen and oxygen atoms in total. The van der Waals surface area contributed by atoms with Gasteiger partial charge in [0.15, 0.2) is 0 Å². The van der Waals surface area contributed by atoms with E-state index in [0.29, 0.717) is 0 Å². The van der Waals surface area contributed by atoms with Gasteiger partial charge in [0, 0.05) is 17.7 Å². The number of non-ortho nitro benzene ring substituents is 1. The predicted octanol–water partition coefficient (Wildman–Crippen LogP) is 1.84. The van der Waals surface area contributed by atoms with E-state index in [1.165, 1.54) is 0 Å². The Hall–Kier alpha value is -2.12. The van der Waals surface area contributed by atoms with Crippen molar-refractivity contribution in [2.45, 2.75) is 6.30 Å². The largest absolute Gasteiger partial charge is 0.484 e. The Labute approximate surface area is 87.0 Å². The Morgan fingerprint density at radius 3 is 2.12 bits per heavy atom. The fourth-order valence-corrected chi connectivity index (χ4v) is 0.935. The van der Waals surface area contributed by atoms with Gasteiger partial charge >= 0.3 is 6.30 Å². The number of amides is 1. The smallest absolute Gasteiger partial charge is 0.269 e. The number of rotatable bonds is 2. The van der Waals surface area contributed by atoms with Crippen LogP contribution in [0.1, 0.15) is 10.4 Å². The number of alkyl halides is 3. The third-order valence-corrected chi connectivity index (χ3v) is 1.60. The van der Waals surface area contributed by atoms with Crippen LogP contribution in [0.15, 0.2) is 24.3 Å². The Bertz CT molecular complexity index is 414. The highest BCUT2D eigenvalue weighted by Crippen LogP contribution is 2.14. The zero-order valence-electron chi connectivity index (χ0n) is 7.62. The molecule has 0 heterocycles. The van der Waals surface area contributed by atoms with Gasteiger partial charge in [-0.05, 0) is 12.1 Å². The molecule has 0 aliphatic heterocycles. The van der Waals surface area contributed by atoms with Gasteiger partial charge in [-0.25, -0.2) is 0 Å². The Balaban J connectivity index is 2.82. The highest BCUT2D eigenvalue weighted by Gasteiger charge is 2.30. The van der Waals surface area contributed by atoms with Crippen molar-refractivity contribution in [3.8, 4) is 0 Å². The lowest BCUT2D eigenvalue weighted by Crippen LogP contribution is -2.37. The molecule has 0 fully saturated rings. The molecule has 1 aromatic carbocycles. The molecule has 1 aromatic rings. The van der Waals surface area contributed by atoms with Crippen molar-refractivity contribution < 1.29 is 22.9 Å². The van der Waals surface area contributed by atoms with Gasteiger partial charge in [-0.2, -0.15) is 13.2 Å². The zero-order chi connectivity index (χ0) is 12.3. The van der Waals surface area contributed by atoms with Crippen LogP contribution in [-0.2, 0) is 0 Å². The summed E-state index contributed by atoms with van der Waals surface area (Å²) in [5.74, 6) is -1.36. The number of halogens is 3. The standard InChI is InChI=1S/C8H5F3N2O3/c9-8(10,11)12-7(14)5-1-3-6(4-2-5)13(15)16/h1-4H,(H,12,14). The van der Waals surface area contributed by atoms with E-state index < -0.39 is 17.1 Å². The molecular formula is C8H5F3N2O3. The average molecular weight is 234 g/mol. The molecule has 1 amide bonds. The molecule has 0 saturated carbocycles. The van der Waals surface area contributed by atoms with Crippen LogP contribution in [0.2, 0.25) is 0 Å². The molecule has 0 saturated heterocycles. The molecule has 1 N–H and O–H groups in total. The van der Waals surface area contributed by atoms with Crippen molar-refractivity contribution >= 4 is 11.6 Å². The highest BCUT2D eigenvalue weighted by molar-refractivity contribution is 5.94. The molecule has 0 aromatic heterocycles. The Morgan fingerprint density at radius 2 is 1.75 bits per heavy atom. The summed E-state index contributed by atoms with van der Waals surface area (Å²) in [7, 11) is 0. The van der Waals surface area contributed by atoms with E-state index in [2.05, 4.69) is 0 Å². The number of nitrogens with zero attached hydrogens (tertiary/aromatic N) is 1. The molecule has 0 radical (unpaired) electrons. The van der Waals surface area contributed by atoms with Crippen molar-refractivity contribution in [2.75, 3.05) is 0 Å². The lowest BCUT2D eigenvalue weighted by atomic mass is 10.2. The minimum atomic E-state index is -4.82. The number of carbonyl (C=O) groups is 1. The van der Waals surface area contributed by atoms with E-state index in [9.17, 15) is 28.1 Å². The lowest BCUT2D eigenvalue weighted by molar-refractivity contribution is -0.384. The van der Waals surface area contributed by atoms with E-state index >= 15 is 0 Å². The first-order chi connectivity index (χ1) is 7.29. The molecule has 0 atom stereocenters. The van der Waals surface area contributed by atoms with Gasteiger partial charge in [0.2, 0.25) is 0 Å². The van der Waals surface area contributed by atoms with Crippen molar-refractivity contribution in [1.82, 2.24) is 5.32 Å². The minimum Gasteiger partial charge on any atom is -0.269 e. The van der Waals surface area contributed by atoms with Crippen LogP contribution in [0.3, 0.4) is 0 Å². The van der Waals surface area contributed by atoms with Crippen LogP contribution < -0.4 is 5.32 Å². The van der Waals surface area contributed by atoms with Gasteiger partial charge < -0.3 is 0 Å². The lowest BCUT2D eigenvalue weighted by Gasteiger charge is -2.07. The maximum absolute atomic E-state index is 11.8. The van der Waals surface area contributed by atoms with Crippen LogP contribution in [0.4, 0.5) is 18.9 Å². The number of benzene rings is 1. The SMILES string of the molecule is O=C(NC(F)(F)F)c1ccc([N+](=O)[O-])cc1. The first kappa shape index (κ1) is 12.0. The normalized spacial score (nSPS) is 10.9. The van der Waals surface area contributed by atoms with Gasteiger partial charge in [0.1, 0.15) is 0 Å². The fourth-order valence-electron chi connectivity index (χ4n) is 0.935. The monoisotopic (exact) mass is 234 g/mol. The van der Waals surface area contributed by atoms with Crippen LogP contribution in [0.25, 0.3) is 0 Å². The second-order valence-electron chi connectivity index (χ2n) is 2.76. The first-order valence-electron chi connectivity index (χ1n) is 3.93. The van der Waals surface area contributed by atoms with Crippen LogP contribution in [0, 0.1) is 10.1 Å². The van der Waals surface area contributed by atoms with Gasteiger partial charge in [-0.1, -0.05) is 0 Å². The third kappa shape index (κ3) is 3.23. The first-order valence-corrected chi connectivity index (χ1v) is 3.93. The number of hydrogen-bond donors (Lipinski definition) is 1. The molecule has 0 unspecified atom stereocenters. The number of carbonyl (C=O) groups excluding carboxylic acids is 1. The summed E-state index contributed by atoms with van der Waals surface area (Å²) in [6.07, 6.45) is -4.82. The maximum atomic E-state index is 11.8. The summed E-state index contributed by atoms with van der Waals surface area (Å²) >= 11 is 0. The summed E-state index contributed by atoms with van der Waals surface area (Å²) in [5.41, 5.74) is -0.605. The Kier molecular flexibility index (Phi) is 3.11. The van der Waals surface area contributed by atoms with Crippen molar-refractivity contribution in [3.05, 3.63) is 39.9 Å². The molecule has 16 heavy (non-hydrogen) atoms. The molecular weight excluding hydrogens is 229 g/mol. The second kappa shape index (κ2) is 4.17. The van der Waals surface area contributed by atoms with Crippen molar-refractivity contribution in [2.24, 2.45) is 0 Å². The van der Waals surface area contributed by atoms with Crippen LogP contribution in [0.5, 0.6) is 0 Å². The van der Waals surface area contributed by atoms with Gasteiger partial charge in [-0.15, -0.1) is 0 Å². The van der Waals surface area contributed by atoms with E-state index in [-0.39, 0.29) is 11.3 Å². The topological polar surface area (TPSA) is 72.2 Å². The van der Waals surface area contributed by atoms with Crippen LogP contribution >= 0.6 is 0 Å². The molecule has 0 spiro atoms. The fraction of sp³-hybridized carbons (Fsp3) is 0.125. The highest BCUT2D eigenvalue weighted by atomic mass is 19.4. The maximum Gasteiger partial charge on any atom is 0.484 e. The van der Waals surface area contributed by atoms with Crippen molar-refractivity contribution in [1.29, 1.82) is 0 Å². The second-order valence-corrected chi connectivity index (χ2v) is 2.76. The van der Waals surface area contributed by atoms with E-state index in [4.69, 9.17) is 0 Å². The van der Waals surface area contributed by atoms with E-state index in [0.717, 1.165) is 29.6 Å². The molecule has 8 heteroatoms. The molecule has 1 rings (SSSR count). The summed E-state index contributed by atoms with van der Waals surface area (Å²) in [4.78, 5) is 20.5. The van der Waals surface area contributed by atoms with Gasteiger partial charge in [-0.3, -0.25) is 20.2 Å². The third-order valence-electron chi connectivity index (χ3n) is 1.60. The summed E-state index contributed by atoms with van der Waals surface area (Å²) in [5, 5.41) is 11.0. The predicted molar refractivity (Wildman–Crippen MR) is 46.6 cm³/mol. The van der Waals surface area contributed by atoms with Crippen LogP contribution in [-0.4, -0.2) is 17.1 Å². The van der Waals surface area contributed by atoms with E-state index in [1.807, 2.05) is 0 Å².